The number of nitrogen functional groups attached to an aromatic ring is 1. The largest absolute Gasteiger partial charge is 0.387 e. The van der Waals surface area contributed by atoms with Gasteiger partial charge in [-0.1, -0.05) is 0 Å². The lowest BCUT2D eigenvalue weighted by Gasteiger charge is -2.19. The van der Waals surface area contributed by atoms with Crippen molar-refractivity contribution in [2.24, 2.45) is 0 Å². The minimum atomic E-state index is -1.84. The average molecular weight is 297 g/mol. The van der Waals surface area contributed by atoms with E-state index in [1.165, 1.54) is 24.6 Å². The predicted octanol–water partition coefficient (Wildman–Crippen LogP) is 0.547. The first-order valence-corrected chi connectivity index (χ1v) is 6.99. The van der Waals surface area contributed by atoms with E-state index in [1.807, 2.05) is 0 Å². The van der Waals surface area contributed by atoms with Gasteiger partial charge in [0, 0.05) is 5.56 Å². The average Bonchev–Trinajstić information content (AvgIpc) is 2.78. The number of ether oxygens (including phenoxy) is 1. The number of alkyl halides is 1. The fraction of sp³-hybridized carbons (Fsp3) is 0.500. The number of hydrogen-bond donors (Lipinski definition) is 3. The van der Waals surface area contributed by atoms with Crippen LogP contribution in [0.5, 0.6) is 0 Å². The third-order valence-corrected chi connectivity index (χ3v) is 5.43. The van der Waals surface area contributed by atoms with Crippen LogP contribution in [0, 0.1) is 0 Å². The number of nitrogens with zero attached hydrogens (tertiary/aromatic N) is 2. The lowest BCUT2D eigenvalue weighted by molar-refractivity contribution is -0.0502. The highest BCUT2D eigenvalue weighted by molar-refractivity contribution is 7.17. The summed E-state index contributed by atoms with van der Waals surface area (Å²) in [5.41, 5.74) is 3.70. The van der Waals surface area contributed by atoms with E-state index < -0.39 is 29.6 Å². The van der Waals surface area contributed by atoms with Gasteiger partial charge in [0.05, 0.1) is 10.2 Å². The van der Waals surface area contributed by atoms with Crippen LogP contribution < -0.4 is 5.73 Å². The molecule has 4 N–H and O–H groups in total. The van der Waals surface area contributed by atoms with Crippen molar-refractivity contribution in [3.63, 3.8) is 0 Å². The van der Waals surface area contributed by atoms with Gasteiger partial charge < -0.3 is 20.7 Å². The van der Waals surface area contributed by atoms with Gasteiger partial charge in [-0.3, -0.25) is 0 Å². The molecular formula is C12H12FN3O3S. The standard InChI is InChI=1S/C12H12FN3O3S/c1-11-10(17)12(11,18)8(13)6(19-11)4-2-20-7-5(4)15-3-16-9(7)14/h2-3,6,8,10,17-18H,1H3,(H2,14,15,16)/t6-,8-,10?,11+,12+/m0/s1. The molecule has 0 radical (unpaired) electrons. The molecule has 20 heavy (non-hydrogen) atoms. The number of aliphatic hydroxyl groups excluding tert-OH is 1. The van der Waals surface area contributed by atoms with Gasteiger partial charge in [-0.05, 0) is 12.3 Å². The maximum Gasteiger partial charge on any atom is 0.165 e. The fourth-order valence-corrected chi connectivity index (χ4v) is 3.97. The Morgan fingerprint density at radius 1 is 1.50 bits per heavy atom. The second-order valence-electron chi connectivity index (χ2n) is 5.40. The zero-order valence-electron chi connectivity index (χ0n) is 10.4. The molecule has 1 unspecified atom stereocenters. The van der Waals surface area contributed by atoms with Crippen molar-refractivity contribution in [1.82, 2.24) is 9.97 Å². The van der Waals surface area contributed by atoms with Crippen molar-refractivity contribution in [3.8, 4) is 0 Å². The zero-order valence-corrected chi connectivity index (χ0v) is 11.3. The molecule has 1 aliphatic carbocycles. The topological polar surface area (TPSA) is 101 Å². The third kappa shape index (κ3) is 1.15. The Morgan fingerprint density at radius 3 is 2.90 bits per heavy atom. The van der Waals surface area contributed by atoms with Crippen molar-refractivity contribution >= 4 is 27.4 Å². The van der Waals surface area contributed by atoms with Gasteiger partial charge in [-0.25, -0.2) is 14.4 Å². The van der Waals surface area contributed by atoms with Crippen LogP contribution in [0.25, 0.3) is 10.2 Å². The number of thiophene rings is 1. The minimum absolute atomic E-state index is 0.328. The molecule has 3 heterocycles. The summed E-state index contributed by atoms with van der Waals surface area (Å²) >= 11 is 1.30. The summed E-state index contributed by atoms with van der Waals surface area (Å²) in [6.45, 7) is 1.50. The highest BCUT2D eigenvalue weighted by atomic mass is 32.1. The van der Waals surface area contributed by atoms with E-state index in [4.69, 9.17) is 10.5 Å². The van der Waals surface area contributed by atoms with Gasteiger partial charge in [-0.15, -0.1) is 11.3 Å². The van der Waals surface area contributed by atoms with Gasteiger partial charge >= 0.3 is 0 Å². The first-order valence-electron chi connectivity index (χ1n) is 6.11. The van der Waals surface area contributed by atoms with Crippen molar-refractivity contribution in [1.29, 1.82) is 0 Å². The van der Waals surface area contributed by atoms with Crippen LogP contribution in [0.1, 0.15) is 18.6 Å². The van der Waals surface area contributed by atoms with Crippen LogP contribution in [0.2, 0.25) is 0 Å². The Balaban J connectivity index is 1.81. The Bertz CT molecular complexity index is 725. The van der Waals surface area contributed by atoms with E-state index in [-0.39, 0.29) is 0 Å². The molecule has 0 spiro atoms. The Kier molecular flexibility index (Phi) is 2.14. The quantitative estimate of drug-likeness (QED) is 0.710. The Morgan fingerprint density at radius 2 is 2.25 bits per heavy atom. The molecule has 8 heteroatoms. The predicted molar refractivity (Wildman–Crippen MR) is 69.9 cm³/mol. The van der Waals surface area contributed by atoms with Crippen molar-refractivity contribution in [3.05, 3.63) is 17.3 Å². The van der Waals surface area contributed by atoms with Crippen LogP contribution in [-0.4, -0.2) is 43.7 Å². The molecule has 4 rings (SSSR count). The van der Waals surface area contributed by atoms with Gasteiger partial charge in [0.15, 0.2) is 11.8 Å². The number of halogens is 1. The molecule has 0 bridgehead atoms. The van der Waals surface area contributed by atoms with Gasteiger partial charge in [0.2, 0.25) is 0 Å². The van der Waals surface area contributed by atoms with Gasteiger partial charge in [-0.2, -0.15) is 0 Å². The minimum Gasteiger partial charge on any atom is -0.387 e. The van der Waals surface area contributed by atoms with Gasteiger partial charge in [0.1, 0.15) is 30.0 Å². The highest BCUT2D eigenvalue weighted by Crippen LogP contribution is 2.64. The maximum absolute atomic E-state index is 14.5. The number of aliphatic hydroxyl groups is 2. The summed E-state index contributed by atoms with van der Waals surface area (Å²) in [6.07, 6.45) is -2.57. The molecule has 1 aliphatic heterocycles. The molecule has 2 fully saturated rings. The third-order valence-electron chi connectivity index (χ3n) is 4.42. The second kappa shape index (κ2) is 3.45. The number of anilines is 1. The number of hydrogen-bond acceptors (Lipinski definition) is 7. The Hall–Kier alpha value is -1.35. The number of nitrogens with two attached hydrogens (primary N) is 1. The molecule has 5 atom stereocenters. The number of fused-ring (bicyclic) bond motifs is 2. The van der Waals surface area contributed by atoms with E-state index in [0.29, 0.717) is 21.6 Å². The van der Waals surface area contributed by atoms with Crippen molar-refractivity contribution in [2.45, 2.75) is 36.5 Å². The first kappa shape index (κ1) is 12.4. The maximum atomic E-state index is 14.5. The van der Waals surface area contributed by atoms with E-state index in [9.17, 15) is 14.6 Å². The zero-order chi connectivity index (χ0) is 14.3. The lowest BCUT2D eigenvalue weighted by atomic mass is 10.0. The first-order chi connectivity index (χ1) is 9.41. The summed E-state index contributed by atoms with van der Waals surface area (Å²) in [5.74, 6) is 0.328. The highest BCUT2D eigenvalue weighted by Gasteiger charge is 2.85. The van der Waals surface area contributed by atoms with E-state index in [1.54, 1.807) is 5.38 Å². The molecular weight excluding hydrogens is 285 g/mol. The number of aromatic nitrogens is 2. The summed E-state index contributed by atoms with van der Waals surface area (Å²) in [5, 5.41) is 21.5. The Labute approximate surface area is 117 Å². The summed E-state index contributed by atoms with van der Waals surface area (Å²) < 4.78 is 20.7. The smallest absolute Gasteiger partial charge is 0.165 e. The molecule has 2 aliphatic rings. The molecule has 106 valence electrons. The monoisotopic (exact) mass is 297 g/mol. The van der Waals surface area contributed by atoms with Crippen molar-refractivity contribution in [2.75, 3.05) is 5.73 Å². The van der Waals surface area contributed by atoms with E-state index in [0.717, 1.165) is 0 Å². The summed E-state index contributed by atoms with van der Waals surface area (Å²) in [6, 6.07) is 0. The fourth-order valence-electron chi connectivity index (χ4n) is 3.03. The molecule has 0 aromatic carbocycles. The molecule has 2 aromatic heterocycles. The molecule has 0 amide bonds. The number of rotatable bonds is 1. The second-order valence-corrected chi connectivity index (χ2v) is 6.28. The van der Waals surface area contributed by atoms with E-state index >= 15 is 0 Å². The molecule has 1 saturated heterocycles. The van der Waals surface area contributed by atoms with Crippen molar-refractivity contribution < 1.29 is 19.3 Å². The van der Waals surface area contributed by atoms with Gasteiger partial charge in [0.25, 0.3) is 0 Å². The van der Waals surface area contributed by atoms with Crippen LogP contribution >= 0.6 is 11.3 Å². The molecule has 1 saturated carbocycles. The molecule has 2 aromatic rings. The van der Waals surface area contributed by atoms with Crippen LogP contribution in [0.3, 0.4) is 0 Å². The normalized spacial score (nSPS) is 42.9. The molecule has 6 nitrogen and oxygen atoms in total. The summed E-state index contributed by atoms with van der Waals surface area (Å²) in [7, 11) is 0. The van der Waals surface area contributed by atoms with Crippen LogP contribution in [-0.2, 0) is 4.74 Å². The van der Waals surface area contributed by atoms with E-state index in [2.05, 4.69) is 9.97 Å². The summed E-state index contributed by atoms with van der Waals surface area (Å²) in [4.78, 5) is 8.00. The lowest BCUT2D eigenvalue weighted by Crippen LogP contribution is -2.30. The SMILES string of the molecule is C[C@]12O[C@@H](c3csc4c(N)ncnc34)[C@H](F)[C@@]1(O)C2O. The van der Waals surface area contributed by atoms with Crippen LogP contribution in [0.4, 0.5) is 10.2 Å². The van der Waals surface area contributed by atoms with Crippen LogP contribution in [0.15, 0.2) is 11.7 Å².